The Hall–Kier alpha value is -2.09. The van der Waals surface area contributed by atoms with Crippen LogP contribution in [-0.2, 0) is 0 Å². The molecule has 1 unspecified atom stereocenters. The quantitative estimate of drug-likeness (QED) is 0.824. The number of anilines is 1. The van der Waals surface area contributed by atoms with Crippen LogP contribution in [0.1, 0.15) is 5.69 Å². The van der Waals surface area contributed by atoms with Crippen molar-refractivity contribution in [1.29, 1.82) is 0 Å². The number of β-amino-alcohol motifs (C(OH)–C–C–N with tert-alkyl or cyclic N) is 1. The lowest BCUT2D eigenvalue weighted by Crippen LogP contribution is -2.48. The molecule has 0 saturated carbocycles. The Morgan fingerprint density at radius 3 is 2.54 bits per heavy atom. The van der Waals surface area contributed by atoms with Crippen molar-refractivity contribution in [3.63, 3.8) is 0 Å². The molecule has 7 nitrogen and oxygen atoms in total. The van der Waals surface area contributed by atoms with Crippen molar-refractivity contribution in [3.05, 3.63) is 36.3 Å². The summed E-state index contributed by atoms with van der Waals surface area (Å²) in [5, 5.41) is 10.5. The van der Waals surface area contributed by atoms with Gasteiger partial charge in [0, 0.05) is 76.0 Å². The second-order valence-electron chi connectivity index (χ2n) is 7.07. The minimum absolute atomic E-state index is 0.414. The molecule has 0 bridgehead atoms. The highest BCUT2D eigenvalue weighted by Gasteiger charge is 2.19. The van der Waals surface area contributed by atoms with Gasteiger partial charge >= 0.3 is 0 Å². The second kappa shape index (κ2) is 8.53. The maximum atomic E-state index is 10.5. The molecule has 3 heterocycles. The van der Waals surface area contributed by atoms with Gasteiger partial charge in [0.05, 0.1) is 6.10 Å². The van der Waals surface area contributed by atoms with E-state index in [4.69, 9.17) is 0 Å². The van der Waals surface area contributed by atoms with Crippen molar-refractivity contribution in [2.45, 2.75) is 13.0 Å². The van der Waals surface area contributed by atoms with Crippen LogP contribution in [0.25, 0.3) is 11.4 Å². The Bertz CT molecular complexity index is 702. The van der Waals surface area contributed by atoms with Crippen molar-refractivity contribution < 1.29 is 5.11 Å². The van der Waals surface area contributed by atoms with E-state index in [1.807, 2.05) is 37.1 Å². The van der Waals surface area contributed by atoms with Crippen LogP contribution in [0.15, 0.2) is 30.6 Å². The fraction of sp³-hybridized carbons (Fsp3) is 0.526. The smallest absolute Gasteiger partial charge is 0.161 e. The van der Waals surface area contributed by atoms with Crippen LogP contribution in [0.5, 0.6) is 0 Å². The van der Waals surface area contributed by atoms with Gasteiger partial charge in [0.15, 0.2) is 5.82 Å². The highest BCUT2D eigenvalue weighted by atomic mass is 16.3. The summed E-state index contributed by atoms with van der Waals surface area (Å²) in [4.78, 5) is 19.9. The van der Waals surface area contributed by atoms with Crippen molar-refractivity contribution in [2.24, 2.45) is 0 Å². The van der Waals surface area contributed by atoms with Crippen molar-refractivity contribution in [2.75, 3.05) is 58.3 Å². The number of hydrogen-bond acceptors (Lipinski definition) is 7. The maximum Gasteiger partial charge on any atom is 0.161 e. The number of aromatic nitrogens is 3. The average molecular weight is 356 g/mol. The molecule has 140 valence electrons. The van der Waals surface area contributed by atoms with Gasteiger partial charge in [-0.25, -0.2) is 9.97 Å². The summed E-state index contributed by atoms with van der Waals surface area (Å²) < 4.78 is 0. The third-order valence-electron chi connectivity index (χ3n) is 4.72. The number of hydrogen-bond donors (Lipinski definition) is 1. The summed E-state index contributed by atoms with van der Waals surface area (Å²) >= 11 is 0. The summed E-state index contributed by atoms with van der Waals surface area (Å²) in [5.74, 6) is 1.50. The van der Waals surface area contributed by atoms with Crippen LogP contribution in [0, 0.1) is 6.92 Å². The Labute approximate surface area is 155 Å². The van der Waals surface area contributed by atoms with Gasteiger partial charge in [-0.15, -0.1) is 0 Å². The first-order valence-electron chi connectivity index (χ1n) is 9.07. The van der Waals surface area contributed by atoms with Crippen LogP contribution in [-0.4, -0.2) is 89.3 Å². The molecule has 1 aliphatic rings. The molecule has 2 aromatic heterocycles. The monoisotopic (exact) mass is 356 g/mol. The van der Waals surface area contributed by atoms with E-state index >= 15 is 0 Å². The first-order chi connectivity index (χ1) is 12.5. The summed E-state index contributed by atoms with van der Waals surface area (Å²) in [6.45, 7) is 7.33. The average Bonchev–Trinajstić information content (AvgIpc) is 2.64. The van der Waals surface area contributed by atoms with E-state index in [9.17, 15) is 5.11 Å². The van der Waals surface area contributed by atoms with E-state index in [-0.39, 0.29) is 0 Å². The van der Waals surface area contributed by atoms with Gasteiger partial charge < -0.3 is 14.9 Å². The van der Waals surface area contributed by atoms with Crippen LogP contribution in [0.4, 0.5) is 5.82 Å². The van der Waals surface area contributed by atoms with Gasteiger partial charge in [0.2, 0.25) is 0 Å². The third kappa shape index (κ3) is 4.97. The molecule has 2 aromatic rings. The largest absolute Gasteiger partial charge is 0.390 e. The summed E-state index contributed by atoms with van der Waals surface area (Å²) in [6.07, 6.45) is 3.07. The second-order valence-corrected chi connectivity index (χ2v) is 7.07. The lowest BCUT2D eigenvalue weighted by molar-refractivity contribution is 0.0842. The van der Waals surface area contributed by atoms with Crippen LogP contribution in [0.2, 0.25) is 0 Å². The number of rotatable bonds is 6. The van der Waals surface area contributed by atoms with E-state index in [0.717, 1.165) is 43.3 Å². The van der Waals surface area contributed by atoms with E-state index in [2.05, 4.69) is 31.8 Å². The van der Waals surface area contributed by atoms with E-state index in [1.165, 1.54) is 0 Å². The number of aryl methyl sites for hydroxylation is 1. The van der Waals surface area contributed by atoms with E-state index in [1.54, 1.807) is 12.4 Å². The zero-order chi connectivity index (χ0) is 18.5. The van der Waals surface area contributed by atoms with Crippen molar-refractivity contribution in [1.82, 2.24) is 24.8 Å². The fourth-order valence-corrected chi connectivity index (χ4v) is 3.17. The molecule has 3 rings (SSSR count). The SMILES string of the molecule is Cc1cc(N(C)CC(O)CN2CCN(C)CC2)nc(-c2ccncc2)n1. The number of likely N-dealkylation sites (N-methyl/N-ethyl adjacent to an activating group) is 2. The molecule has 1 fully saturated rings. The molecule has 1 saturated heterocycles. The number of piperazine rings is 1. The van der Waals surface area contributed by atoms with Crippen LogP contribution >= 0.6 is 0 Å². The first kappa shape index (κ1) is 18.7. The Morgan fingerprint density at radius 2 is 1.85 bits per heavy atom. The number of aliphatic hydroxyl groups excluding tert-OH is 1. The van der Waals surface area contributed by atoms with Gasteiger partial charge in [-0.1, -0.05) is 0 Å². The normalized spacial score (nSPS) is 17.2. The molecule has 1 atom stereocenters. The zero-order valence-electron chi connectivity index (χ0n) is 15.8. The van der Waals surface area contributed by atoms with Gasteiger partial charge in [-0.05, 0) is 26.1 Å². The molecule has 1 aliphatic heterocycles. The predicted molar refractivity (Wildman–Crippen MR) is 103 cm³/mol. The summed E-state index contributed by atoms with van der Waals surface area (Å²) in [6, 6.07) is 5.76. The molecule has 0 spiro atoms. The van der Waals surface area contributed by atoms with Gasteiger partial charge in [0.25, 0.3) is 0 Å². The Balaban J connectivity index is 1.64. The van der Waals surface area contributed by atoms with Crippen LogP contribution < -0.4 is 4.90 Å². The minimum atomic E-state index is -0.414. The molecule has 0 radical (unpaired) electrons. The first-order valence-corrected chi connectivity index (χ1v) is 9.07. The fourth-order valence-electron chi connectivity index (χ4n) is 3.17. The number of nitrogens with zero attached hydrogens (tertiary/aromatic N) is 6. The van der Waals surface area contributed by atoms with Crippen LogP contribution in [0.3, 0.4) is 0 Å². The third-order valence-corrected chi connectivity index (χ3v) is 4.72. The van der Waals surface area contributed by atoms with Gasteiger partial charge in [-0.3, -0.25) is 9.88 Å². The predicted octanol–water partition coefficient (Wildman–Crippen LogP) is 0.892. The molecule has 0 aromatic carbocycles. The number of aliphatic hydroxyl groups is 1. The topological polar surface area (TPSA) is 68.6 Å². The maximum absolute atomic E-state index is 10.5. The van der Waals surface area contributed by atoms with E-state index < -0.39 is 6.10 Å². The van der Waals surface area contributed by atoms with Crippen molar-refractivity contribution >= 4 is 5.82 Å². The van der Waals surface area contributed by atoms with Gasteiger partial charge in [0.1, 0.15) is 5.82 Å². The zero-order valence-corrected chi connectivity index (χ0v) is 15.8. The molecule has 0 amide bonds. The lowest BCUT2D eigenvalue weighted by Gasteiger charge is -2.34. The Morgan fingerprint density at radius 1 is 1.15 bits per heavy atom. The molecule has 1 N–H and O–H groups in total. The highest BCUT2D eigenvalue weighted by Crippen LogP contribution is 2.19. The summed E-state index contributed by atoms with van der Waals surface area (Å²) in [7, 11) is 4.10. The standard InChI is InChI=1S/C19H28N6O/c1-15-12-18(22-19(21-15)16-4-6-20-7-5-16)24(3)13-17(26)14-25-10-8-23(2)9-11-25/h4-7,12,17,26H,8-11,13-14H2,1-3H3. The molecule has 26 heavy (non-hydrogen) atoms. The van der Waals surface area contributed by atoms with E-state index in [0.29, 0.717) is 18.9 Å². The molecular weight excluding hydrogens is 328 g/mol. The number of pyridine rings is 1. The van der Waals surface area contributed by atoms with Gasteiger partial charge in [-0.2, -0.15) is 0 Å². The molecule has 7 heteroatoms. The molecular formula is C19H28N6O. The summed E-state index contributed by atoms with van der Waals surface area (Å²) in [5.41, 5.74) is 1.85. The lowest BCUT2D eigenvalue weighted by atomic mass is 10.2. The van der Waals surface area contributed by atoms with Crippen molar-refractivity contribution in [3.8, 4) is 11.4 Å². The molecule has 0 aliphatic carbocycles. The minimum Gasteiger partial charge on any atom is -0.390 e. The Kier molecular flexibility index (Phi) is 6.13. The highest BCUT2D eigenvalue weighted by molar-refractivity contribution is 5.57.